The van der Waals surface area contributed by atoms with Crippen LogP contribution in [0.1, 0.15) is 45.0 Å². The Morgan fingerprint density at radius 2 is 1.53 bits per heavy atom. The fraction of sp³-hybridized carbons (Fsp3) is 0.533. The van der Waals surface area contributed by atoms with Crippen molar-refractivity contribution in [3.8, 4) is 0 Å². The van der Waals surface area contributed by atoms with Gasteiger partial charge in [0.05, 0.1) is 0 Å². The molecule has 94 valence electrons. The average molecular weight is 233 g/mol. The first kappa shape index (κ1) is 13.8. The first-order chi connectivity index (χ1) is 7.90. The molecule has 0 bridgehead atoms. The maximum absolute atomic E-state index is 12.1. The monoisotopic (exact) mass is 233 g/mol. The Labute approximate surface area is 105 Å². The first-order valence-electron chi connectivity index (χ1n) is 6.30. The van der Waals surface area contributed by atoms with E-state index in [1.165, 1.54) is 5.69 Å². The summed E-state index contributed by atoms with van der Waals surface area (Å²) in [6.07, 6.45) is 0. The van der Waals surface area contributed by atoms with Crippen molar-refractivity contribution in [3.05, 3.63) is 29.8 Å². The van der Waals surface area contributed by atoms with Gasteiger partial charge in [0, 0.05) is 29.8 Å². The lowest BCUT2D eigenvalue weighted by Gasteiger charge is -2.22. The number of benzene rings is 1. The Balaban J connectivity index is 2.92. The van der Waals surface area contributed by atoms with Gasteiger partial charge in [-0.3, -0.25) is 4.79 Å². The zero-order valence-corrected chi connectivity index (χ0v) is 11.6. The predicted octanol–water partition coefficient (Wildman–Crippen LogP) is 3.76. The van der Waals surface area contributed by atoms with Gasteiger partial charge in [-0.1, -0.05) is 20.8 Å². The topological polar surface area (TPSA) is 20.3 Å². The van der Waals surface area contributed by atoms with Crippen LogP contribution >= 0.6 is 0 Å². The highest BCUT2D eigenvalue weighted by Gasteiger charge is 2.22. The number of carbonyl (C=O) groups is 1. The first-order valence-corrected chi connectivity index (χ1v) is 6.30. The van der Waals surface area contributed by atoms with Gasteiger partial charge in [-0.25, -0.2) is 0 Å². The number of ketones is 1. The van der Waals surface area contributed by atoms with Crippen LogP contribution in [0.25, 0.3) is 0 Å². The van der Waals surface area contributed by atoms with Crippen LogP contribution in [0.3, 0.4) is 0 Å². The number of anilines is 1. The van der Waals surface area contributed by atoms with E-state index in [2.05, 4.69) is 18.7 Å². The van der Waals surface area contributed by atoms with Gasteiger partial charge in [-0.05, 0) is 38.1 Å². The molecule has 0 amide bonds. The summed E-state index contributed by atoms with van der Waals surface area (Å²) in [4.78, 5) is 14.3. The molecular weight excluding hydrogens is 210 g/mol. The maximum Gasteiger partial charge on any atom is 0.168 e. The number of carbonyl (C=O) groups excluding carboxylic acids is 1. The van der Waals surface area contributed by atoms with E-state index in [4.69, 9.17) is 0 Å². The van der Waals surface area contributed by atoms with Crippen molar-refractivity contribution < 1.29 is 4.79 Å². The van der Waals surface area contributed by atoms with Crippen LogP contribution in [-0.2, 0) is 0 Å². The highest BCUT2D eigenvalue weighted by molar-refractivity contribution is 6.00. The van der Waals surface area contributed by atoms with Gasteiger partial charge in [-0.15, -0.1) is 0 Å². The molecule has 0 aromatic heterocycles. The Morgan fingerprint density at radius 1 is 1.06 bits per heavy atom. The molecule has 0 saturated carbocycles. The Morgan fingerprint density at radius 3 is 1.88 bits per heavy atom. The third-order valence-electron chi connectivity index (χ3n) is 2.94. The van der Waals surface area contributed by atoms with Crippen LogP contribution in [0.5, 0.6) is 0 Å². The average Bonchev–Trinajstić information content (AvgIpc) is 2.29. The van der Waals surface area contributed by atoms with E-state index in [1.54, 1.807) is 0 Å². The smallest absolute Gasteiger partial charge is 0.168 e. The minimum atomic E-state index is -0.309. The zero-order valence-electron chi connectivity index (χ0n) is 11.6. The van der Waals surface area contributed by atoms with E-state index >= 15 is 0 Å². The normalized spacial score (nSPS) is 11.4. The second-order valence-electron chi connectivity index (χ2n) is 5.30. The van der Waals surface area contributed by atoms with Gasteiger partial charge in [0.15, 0.2) is 5.78 Å². The Bertz CT molecular complexity index is 369. The molecule has 0 heterocycles. The highest BCUT2D eigenvalue weighted by Crippen LogP contribution is 2.22. The molecule has 0 aliphatic heterocycles. The van der Waals surface area contributed by atoms with E-state index in [0.717, 1.165) is 18.7 Å². The molecule has 1 rings (SSSR count). The van der Waals surface area contributed by atoms with Gasteiger partial charge < -0.3 is 4.90 Å². The lowest BCUT2D eigenvalue weighted by Crippen LogP contribution is -2.22. The summed E-state index contributed by atoms with van der Waals surface area (Å²) in [7, 11) is 0. The Hall–Kier alpha value is -1.31. The molecule has 1 aromatic rings. The van der Waals surface area contributed by atoms with Crippen molar-refractivity contribution in [2.75, 3.05) is 18.0 Å². The fourth-order valence-electron chi connectivity index (χ4n) is 1.85. The molecule has 0 N–H and O–H groups in total. The second kappa shape index (κ2) is 5.35. The fourth-order valence-corrected chi connectivity index (χ4v) is 1.85. The standard InChI is InChI=1S/C15H23NO/c1-6-16(7-2)13-10-8-12(9-11-13)14(17)15(3,4)5/h8-11H,6-7H2,1-5H3. The number of hydrogen-bond acceptors (Lipinski definition) is 2. The largest absolute Gasteiger partial charge is 0.372 e. The SMILES string of the molecule is CCN(CC)c1ccc(C(=O)C(C)(C)C)cc1. The molecule has 0 unspecified atom stereocenters. The van der Waals surface area contributed by atoms with Crippen molar-refractivity contribution >= 4 is 11.5 Å². The molecule has 0 fully saturated rings. The summed E-state index contributed by atoms with van der Waals surface area (Å²) in [5.74, 6) is 0.198. The van der Waals surface area contributed by atoms with Crippen molar-refractivity contribution in [3.63, 3.8) is 0 Å². The van der Waals surface area contributed by atoms with Crippen LogP contribution in [-0.4, -0.2) is 18.9 Å². The van der Waals surface area contributed by atoms with Crippen LogP contribution in [0.15, 0.2) is 24.3 Å². The van der Waals surface area contributed by atoms with Crippen molar-refractivity contribution in [1.29, 1.82) is 0 Å². The molecule has 17 heavy (non-hydrogen) atoms. The van der Waals surface area contributed by atoms with E-state index in [-0.39, 0.29) is 11.2 Å². The van der Waals surface area contributed by atoms with E-state index in [0.29, 0.717) is 0 Å². The summed E-state index contributed by atoms with van der Waals surface area (Å²) < 4.78 is 0. The minimum absolute atomic E-state index is 0.198. The molecule has 2 heteroatoms. The third-order valence-corrected chi connectivity index (χ3v) is 2.94. The second-order valence-corrected chi connectivity index (χ2v) is 5.30. The van der Waals surface area contributed by atoms with Gasteiger partial charge in [0.1, 0.15) is 0 Å². The number of hydrogen-bond donors (Lipinski definition) is 0. The number of Topliss-reactive ketones (excluding diaryl/α,β-unsaturated/α-hetero) is 1. The van der Waals surface area contributed by atoms with E-state index in [9.17, 15) is 4.79 Å². The van der Waals surface area contributed by atoms with E-state index in [1.807, 2.05) is 45.0 Å². The Kier molecular flexibility index (Phi) is 4.33. The van der Waals surface area contributed by atoms with Crippen LogP contribution in [0.2, 0.25) is 0 Å². The summed E-state index contributed by atoms with van der Waals surface area (Å²) in [5, 5.41) is 0. The number of rotatable bonds is 4. The number of nitrogens with zero attached hydrogens (tertiary/aromatic N) is 1. The predicted molar refractivity (Wildman–Crippen MR) is 73.8 cm³/mol. The summed E-state index contributed by atoms with van der Waals surface area (Å²) in [6, 6.07) is 7.93. The van der Waals surface area contributed by atoms with Crippen LogP contribution in [0.4, 0.5) is 5.69 Å². The summed E-state index contributed by atoms with van der Waals surface area (Å²) in [5.41, 5.74) is 1.67. The van der Waals surface area contributed by atoms with Crippen molar-refractivity contribution in [1.82, 2.24) is 0 Å². The summed E-state index contributed by atoms with van der Waals surface area (Å²) in [6.45, 7) is 12.1. The molecule has 0 radical (unpaired) electrons. The lowest BCUT2D eigenvalue weighted by molar-refractivity contribution is 0.0858. The van der Waals surface area contributed by atoms with Crippen LogP contribution < -0.4 is 4.90 Å². The molecular formula is C15H23NO. The van der Waals surface area contributed by atoms with Gasteiger partial charge in [-0.2, -0.15) is 0 Å². The minimum Gasteiger partial charge on any atom is -0.372 e. The molecule has 0 saturated heterocycles. The summed E-state index contributed by atoms with van der Waals surface area (Å²) >= 11 is 0. The molecule has 2 nitrogen and oxygen atoms in total. The van der Waals surface area contributed by atoms with E-state index < -0.39 is 0 Å². The third kappa shape index (κ3) is 3.32. The molecule has 0 atom stereocenters. The molecule has 1 aromatic carbocycles. The quantitative estimate of drug-likeness (QED) is 0.738. The zero-order chi connectivity index (χ0) is 13.1. The molecule has 0 aliphatic carbocycles. The van der Waals surface area contributed by atoms with Crippen LogP contribution in [0, 0.1) is 5.41 Å². The molecule has 0 spiro atoms. The van der Waals surface area contributed by atoms with Gasteiger partial charge >= 0.3 is 0 Å². The highest BCUT2D eigenvalue weighted by atomic mass is 16.1. The van der Waals surface area contributed by atoms with Crippen molar-refractivity contribution in [2.24, 2.45) is 5.41 Å². The molecule has 0 aliphatic rings. The maximum atomic E-state index is 12.1. The van der Waals surface area contributed by atoms with Gasteiger partial charge in [0.2, 0.25) is 0 Å². The lowest BCUT2D eigenvalue weighted by atomic mass is 9.86. The van der Waals surface area contributed by atoms with Crippen molar-refractivity contribution in [2.45, 2.75) is 34.6 Å². The van der Waals surface area contributed by atoms with Gasteiger partial charge in [0.25, 0.3) is 0 Å².